The minimum Gasteiger partial charge on any atom is -0.295 e. The summed E-state index contributed by atoms with van der Waals surface area (Å²) in [4.78, 5) is 10.3. The highest BCUT2D eigenvalue weighted by Crippen LogP contribution is 2.12. The summed E-state index contributed by atoms with van der Waals surface area (Å²) in [5.74, 6) is -0.192. The van der Waals surface area contributed by atoms with Gasteiger partial charge in [-0.2, -0.15) is 8.42 Å². The number of carbonyl (C=O) groups is 1. The molecule has 0 fully saturated rings. The van der Waals surface area contributed by atoms with Crippen LogP contribution >= 0.6 is 0 Å². The van der Waals surface area contributed by atoms with Crippen molar-refractivity contribution in [2.75, 3.05) is 0 Å². The van der Waals surface area contributed by atoms with Gasteiger partial charge in [-0.1, -0.05) is 12.1 Å². The second-order valence-corrected chi connectivity index (χ2v) is 3.87. The Morgan fingerprint density at radius 1 is 1.23 bits per heavy atom. The van der Waals surface area contributed by atoms with Crippen LogP contribution in [0.1, 0.15) is 17.3 Å². The van der Waals surface area contributed by atoms with Crippen molar-refractivity contribution in [1.29, 1.82) is 0 Å². The molecule has 0 aliphatic rings. The van der Waals surface area contributed by atoms with Gasteiger partial charge in [0.25, 0.3) is 0 Å². The van der Waals surface area contributed by atoms with Gasteiger partial charge in [0.2, 0.25) is 0 Å². The molecule has 0 aromatic heterocycles. The minimum absolute atomic E-state index is 0.192. The van der Waals surface area contributed by atoms with Crippen LogP contribution in [0.4, 0.5) is 3.89 Å². The van der Waals surface area contributed by atoms with E-state index in [1.54, 1.807) is 0 Å². The molecular formula is C8H7FO3S. The first-order chi connectivity index (χ1) is 5.91. The third-order valence-electron chi connectivity index (χ3n) is 1.54. The molecule has 0 aliphatic heterocycles. The summed E-state index contributed by atoms with van der Waals surface area (Å²) in [5, 5.41) is 0. The van der Waals surface area contributed by atoms with Crippen LogP contribution in [0, 0.1) is 0 Å². The zero-order valence-electron chi connectivity index (χ0n) is 6.82. The van der Waals surface area contributed by atoms with Gasteiger partial charge < -0.3 is 0 Å². The minimum atomic E-state index is -4.66. The van der Waals surface area contributed by atoms with E-state index in [1.165, 1.54) is 19.1 Å². The van der Waals surface area contributed by atoms with Crippen LogP contribution in [0.2, 0.25) is 0 Å². The lowest BCUT2D eigenvalue weighted by Gasteiger charge is -1.96. The molecule has 0 atom stereocenters. The Labute approximate surface area is 75.4 Å². The summed E-state index contributed by atoms with van der Waals surface area (Å²) in [6.45, 7) is 1.35. The van der Waals surface area contributed by atoms with Crippen molar-refractivity contribution in [3.63, 3.8) is 0 Å². The third-order valence-corrected chi connectivity index (χ3v) is 2.38. The molecule has 1 aromatic rings. The molecule has 0 unspecified atom stereocenters. The smallest absolute Gasteiger partial charge is 0.295 e. The fourth-order valence-electron chi connectivity index (χ4n) is 0.852. The largest absolute Gasteiger partial charge is 0.332 e. The Morgan fingerprint density at radius 2 is 1.69 bits per heavy atom. The van der Waals surface area contributed by atoms with Crippen LogP contribution in [-0.4, -0.2) is 14.2 Å². The zero-order valence-corrected chi connectivity index (χ0v) is 7.64. The summed E-state index contributed by atoms with van der Waals surface area (Å²) in [5.41, 5.74) is 0.354. The Bertz CT molecular complexity index is 419. The van der Waals surface area contributed by atoms with Gasteiger partial charge in [0.15, 0.2) is 5.78 Å². The molecule has 0 amide bonds. The second kappa shape index (κ2) is 3.26. The Kier molecular flexibility index (Phi) is 2.47. The topological polar surface area (TPSA) is 51.2 Å². The van der Waals surface area contributed by atoms with Crippen LogP contribution in [0.3, 0.4) is 0 Å². The van der Waals surface area contributed by atoms with Gasteiger partial charge >= 0.3 is 10.2 Å². The van der Waals surface area contributed by atoms with Gasteiger partial charge in [0.05, 0.1) is 4.90 Å². The van der Waals surface area contributed by atoms with E-state index in [0.717, 1.165) is 12.1 Å². The summed E-state index contributed by atoms with van der Waals surface area (Å²) in [7, 11) is -4.66. The Morgan fingerprint density at radius 3 is 2.00 bits per heavy atom. The fraction of sp³-hybridized carbons (Fsp3) is 0.125. The molecule has 0 aliphatic carbocycles. The molecule has 0 bridgehead atoms. The van der Waals surface area contributed by atoms with Crippen molar-refractivity contribution < 1.29 is 17.1 Å². The lowest BCUT2D eigenvalue weighted by atomic mass is 10.2. The number of carbonyl (C=O) groups excluding carboxylic acids is 1. The highest BCUT2D eigenvalue weighted by molar-refractivity contribution is 7.86. The first-order valence-corrected chi connectivity index (χ1v) is 4.85. The molecule has 3 nitrogen and oxygen atoms in total. The normalized spacial score (nSPS) is 11.2. The van der Waals surface area contributed by atoms with Crippen molar-refractivity contribution in [2.24, 2.45) is 0 Å². The van der Waals surface area contributed by atoms with Crippen LogP contribution in [0.15, 0.2) is 29.2 Å². The average molecular weight is 202 g/mol. The summed E-state index contributed by atoms with van der Waals surface area (Å²) >= 11 is 0. The molecule has 1 aromatic carbocycles. The molecule has 5 heteroatoms. The molecule has 0 spiro atoms. The summed E-state index contributed by atoms with van der Waals surface area (Å²) in [6, 6.07) is 4.67. The predicted octanol–water partition coefficient (Wildman–Crippen LogP) is 1.55. The zero-order chi connectivity index (χ0) is 10.1. The molecule has 13 heavy (non-hydrogen) atoms. The number of halogens is 1. The molecule has 0 saturated heterocycles. The maximum atomic E-state index is 12.3. The number of rotatable bonds is 2. The maximum Gasteiger partial charge on any atom is 0.332 e. The van der Waals surface area contributed by atoms with Crippen LogP contribution < -0.4 is 0 Å². The summed E-state index contributed by atoms with van der Waals surface area (Å²) < 4.78 is 33.1. The molecule has 1 rings (SSSR count). The predicted molar refractivity (Wildman–Crippen MR) is 44.7 cm³/mol. The van der Waals surface area contributed by atoms with Gasteiger partial charge in [0, 0.05) is 5.56 Å². The van der Waals surface area contributed by atoms with Gasteiger partial charge in [-0.15, -0.1) is 3.89 Å². The Balaban J connectivity index is 3.16. The van der Waals surface area contributed by atoms with E-state index in [-0.39, 0.29) is 5.78 Å². The number of hydrogen-bond acceptors (Lipinski definition) is 3. The van der Waals surface area contributed by atoms with Crippen molar-refractivity contribution in [1.82, 2.24) is 0 Å². The fourth-order valence-corrected chi connectivity index (χ4v) is 1.31. The molecular weight excluding hydrogens is 195 g/mol. The molecule has 70 valence electrons. The van der Waals surface area contributed by atoms with E-state index in [0.29, 0.717) is 5.56 Å². The first-order valence-electron chi connectivity index (χ1n) is 3.47. The lowest BCUT2D eigenvalue weighted by Crippen LogP contribution is -1.95. The quantitative estimate of drug-likeness (QED) is 0.540. The van der Waals surface area contributed by atoms with Crippen molar-refractivity contribution in [2.45, 2.75) is 11.8 Å². The number of benzene rings is 1. The third kappa shape index (κ3) is 2.35. The van der Waals surface area contributed by atoms with Gasteiger partial charge in [-0.05, 0) is 19.1 Å². The Hall–Kier alpha value is -1.23. The van der Waals surface area contributed by atoms with Gasteiger partial charge in [-0.3, -0.25) is 4.79 Å². The van der Waals surface area contributed by atoms with E-state index in [4.69, 9.17) is 0 Å². The monoisotopic (exact) mass is 202 g/mol. The van der Waals surface area contributed by atoms with Crippen LogP contribution in [0.25, 0.3) is 0 Å². The average Bonchev–Trinajstić information content (AvgIpc) is 2.03. The number of ketones is 1. The standard InChI is InChI=1S/C8H7FO3S/c1-6(10)7-2-4-8(5-3-7)13(9,11)12/h2-5H,1H3. The van der Waals surface area contributed by atoms with E-state index < -0.39 is 15.1 Å². The van der Waals surface area contributed by atoms with Crippen LogP contribution in [0.5, 0.6) is 0 Å². The lowest BCUT2D eigenvalue weighted by molar-refractivity contribution is 0.101. The number of Topliss-reactive ketones (excluding diaryl/α,β-unsaturated/α-hetero) is 1. The molecule has 0 saturated carbocycles. The molecule has 0 radical (unpaired) electrons. The highest BCUT2D eigenvalue weighted by atomic mass is 32.3. The first kappa shape index (κ1) is 9.85. The molecule has 0 heterocycles. The van der Waals surface area contributed by atoms with Crippen LogP contribution in [-0.2, 0) is 10.2 Å². The van der Waals surface area contributed by atoms with E-state index in [2.05, 4.69) is 0 Å². The van der Waals surface area contributed by atoms with E-state index >= 15 is 0 Å². The molecule has 0 N–H and O–H groups in total. The van der Waals surface area contributed by atoms with E-state index in [1.807, 2.05) is 0 Å². The second-order valence-electron chi connectivity index (χ2n) is 2.52. The highest BCUT2D eigenvalue weighted by Gasteiger charge is 2.11. The maximum absolute atomic E-state index is 12.3. The van der Waals surface area contributed by atoms with Gasteiger partial charge in [-0.25, -0.2) is 0 Å². The van der Waals surface area contributed by atoms with Gasteiger partial charge in [0.1, 0.15) is 0 Å². The number of hydrogen-bond donors (Lipinski definition) is 0. The van der Waals surface area contributed by atoms with E-state index in [9.17, 15) is 17.1 Å². The van der Waals surface area contributed by atoms with Crippen molar-refractivity contribution in [3.05, 3.63) is 29.8 Å². The summed E-state index contributed by atoms with van der Waals surface area (Å²) in [6.07, 6.45) is 0. The van der Waals surface area contributed by atoms with Crippen molar-refractivity contribution in [3.8, 4) is 0 Å². The van der Waals surface area contributed by atoms with Crippen molar-refractivity contribution >= 4 is 16.0 Å². The SMILES string of the molecule is CC(=O)c1ccc(S(=O)(=O)F)cc1.